The Bertz CT molecular complexity index is 365. The minimum atomic E-state index is -0.876. The fourth-order valence-electron chi connectivity index (χ4n) is 3.69. The van der Waals surface area contributed by atoms with Gasteiger partial charge in [0.15, 0.2) is 0 Å². The molecule has 3 aliphatic rings. The van der Waals surface area contributed by atoms with Gasteiger partial charge in [0.05, 0.1) is 0 Å². The Hall–Kier alpha value is -1.06. The fraction of sp³-hybridized carbons (Fsp3) is 0.857. The number of amides is 1. The zero-order chi connectivity index (χ0) is 12.9. The fourth-order valence-corrected chi connectivity index (χ4v) is 3.69. The SMILES string of the molecule is CC(C(=O)O)N(C(=O)C1C2CCCCC21)C1CC1. The van der Waals surface area contributed by atoms with Crippen molar-refractivity contribution in [2.75, 3.05) is 0 Å². The molecule has 3 atom stereocenters. The van der Waals surface area contributed by atoms with E-state index in [2.05, 4.69) is 0 Å². The highest BCUT2D eigenvalue weighted by Crippen LogP contribution is 2.56. The van der Waals surface area contributed by atoms with Crippen LogP contribution in [0.4, 0.5) is 0 Å². The Morgan fingerprint density at radius 1 is 1.11 bits per heavy atom. The second kappa shape index (κ2) is 4.25. The smallest absolute Gasteiger partial charge is 0.326 e. The van der Waals surface area contributed by atoms with Crippen LogP contribution in [0.3, 0.4) is 0 Å². The Morgan fingerprint density at radius 2 is 1.67 bits per heavy atom. The monoisotopic (exact) mass is 251 g/mol. The van der Waals surface area contributed by atoms with Crippen LogP contribution < -0.4 is 0 Å². The van der Waals surface area contributed by atoms with E-state index in [1.807, 2.05) is 0 Å². The Balaban J connectivity index is 1.71. The van der Waals surface area contributed by atoms with Crippen LogP contribution in [0.1, 0.15) is 45.4 Å². The predicted molar refractivity (Wildman–Crippen MR) is 65.9 cm³/mol. The number of fused-ring (bicyclic) bond motifs is 1. The van der Waals surface area contributed by atoms with Crippen molar-refractivity contribution < 1.29 is 14.7 Å². The second-order valence-electron chi connectivity index (χ2n) is 6.13. The number of carbonyl (C=O) groups excluding carboxylic acids is 1. The van der Waals surface area contributed by atoms with Gasteiger partial charge in [0.25, 0.3) is 0 Å². The highest BCUT2D eigenvalue weighted by Gasteiger charge is 2.57. The van der Waals surface area contributed by atoms with Crippen LogP contribution in [-0.4, -0.2) is 34.0 Å². The van der Waals surface area contributed by atoms with E-state index >= 15 is 0 Å². The van der Waals surface area contributed by atoms with E-state index in [1.165, 1.54) is 25.7 Å². The molecule has 3 fully saturated rings. The van der Waals surface area contributed by atoms with Gasteiger partial charge in [-0.2, -0.15) is 0 Å². The molecule has 0 aromatic rings. The van der Waals surface area contributed by atoms with E-state index in [0.29, 0.717) is 11.8 Å². The van der Waals surface area contributed by atoms with Gasteiger partial charge in [-0.05, 0) is 44.4 Å². The van der Waals surface area contributed by atoms with Crippen molar-refractivity contribution in [1.29, 1.82) is 0 Å². The number of carbonyl (C=O) groups is 2. The van der Waals surface area contributed by atoms with Gasteiger partial charge in [-0.15, -0.1) is 0 Å². The third-order valence-electron chi connectivity index (χ3n) is 4.91. The van der Waals surface area contributed by atoms with Crippen molar-refractivity contribution in [3.05, 3.63) is 0 Å². The first-order chi connectivity index (χ1) is 8.61. The first-order valence-corrected chi connectivity index (χ1v) is 7.16. The van der Waals surface area contributed by atoms with Gasteiger partial charge in [0.1, 0.15) is 6.04 Å². The average Bonchev–Trinajstić information content (AvgIpc) is 3.23. The van der Waals surface area contributed by atoms with Gasteiger partial charge in [-0.25, -0.2) is 4.79 Å². The van der Waals surface area contributed by atoms with E-state index in [4.69, 9.17) is 5.11 Å². The van der Waals surface area contributed by atoms with Crippen LogP contribution in [0.25, 0.3) is 0 Å². The van der Waals surface area contributed by atoms with Gasteiger partial charge in [0.2, 0.25) is 5.91 Å². The van der Waals surface area contributed by atoms with Crippen molar-refractivity contribution in [2.45, 2.75) is 57.5 Å². The summed E-state index contributed by atoms with van der Waals surface area (Å²) in [7, 11) is 0. The molecule has 0 aliphatic heterocycles. The van der Waals surface area contributed by atoms with Crippen LogP contribution in [0.5, 0.6) is 0 Å². The third kappa shape index (κ3) is 1.91. The molecule has 4 heteroatoms. The lowest BCUT2D eigenvalue weighted by Crippen LogP contribution is -2.45. The third-order valence-corrected chi connectivity index (χ3v) is 4.91. The second-order valence-corrected chi connectivity index (χ2v) is 6.13. The molecular weight excluding hydrogens is 230 g/mol. The lowest BCUT2D eigenvalue weighted by atomic mass is 10.0. The maximum atomic E-state index is 12.6. The number of hydrogen-bond acceptors (Lipinski definition) is 2. The molecule has 0 aromatic carbocycles. The highest BCUT2D eigenvalue weighted by atomic mass is 16.4. The van der Waals surface area contributed by atoms with Crippen molar-refractivity contribution in [1.82, 2.24) is 4.90 Å². The first kappa shape index (κ1) is 12.0. The maximum Gasteiger partial charge on any atom is 0.326 e. The van der Waals surface area contributed by atoms with Crippen molar-refractivity contribution in [2.24, 2.45) is 17.8 Å². The zero-order valence-electron chi connectivity index (χ0n) is 10.8. The minimum absolute atomic E-state index is 0.129. The molecule has 1 N–H and O–H groups in total. The number of carboxylic acid groups (broad SMARTS) is 1. The van der Waals surface area contributed by atoms with E-state index in [-0.39, 0.29) is 17.9 Å². The molecule has 3 unspecified atom stereocenters. The Kier molecular flexibility index (Phi) is 2.83. The summed E-state index contributed by atoms with van der Waals surface area (Å²) in [5.74, 6) is 0.528. The molecular formula is C14H21NO3. The van der Waals surface area contributed by atoms with E-state index < -0.39 is 12.0 Å². The standard InChI is InChI=1S/C14H21NO3/c1-8(14(17)18)15(9-6-7-9)13(16)12-10-4-2-3-5-11(10)12/h8-12H,2-7H2,1H3,(H,17,18). The average molecular weight is 251 g/mol. The summed E-state index contributed by atoms with van der Waals surface area (Å²) in [6.45, 7) is 1.64. The van der Waals surface area contributed by atoms with Gasteiger partial charge in [0, 0.05) is 12.0 Å². The molecule has 0 radical (unpaired) electrons. The molecule has 0 saturated heterocycles. The molecule has 0 heterocycles. The summed E-state index contributed by atoms with van der Waals surface area (Å²) in [5.41, 5.74) is 0. The summed E-state index contributed by atoms with van der Waals surface area (Å²) in [5, 5.41) is 9.14. The summed E-state index contributed by atoms with van der Waals surface area (Å²) in [6, 6.07) is -0.459. The normalized spacial score (nSPS) is 35.5. The lowest BCUT2D eigenvalue weighted by Gasteiger charge is -2.26. The molecule has 1 amide bonds. The molecule has 18 heavy (non-hydrogen) atoms. The van der Waals surface area contributed by atoms with Gasteiger partial charge in [-0.1, -0.05) is 12.8 Å². The molecule has 3 aliphatic carbocycles. The van der Waals surface area contributed by atoms with Crippen molar-refractivity contribution in [3.63, 3.8) is 0 Å². The van der Waals surface area contributed by atoms with Crippen LogP contribution in [0.15, 0.2) is 0 Å². The lowest BCUT2D eigenvalue weighted by molar-refractivity contribution is -0.150. The van der Waals surface area contributed by atoms with Gasteiger partial charge < -0.3 is 10.0 Å². The molecule has 100 valence electrons. The van der Waals surface area contributed by atoms with E-state index in [1.54, 1.807) is 11.8 Å². The van der Waals surface area contributed by atoms with E-state index in [0.717, 1.165) is 12.8 Å². The van der Waals surface area contributed by atoms with Gasteiger partial charge in [-0.3, -0.25) is 4.79 Å². The van der Waals surface area contributed by atoms with Crippen LogP contribution >= 0.6 is 0 Å². The maximum absolute atomic E-state index is 12.6. The summed E-state index contributed by atoms with van der Waals surface area (Å²) in [6.07, 6.45) is 6.77. The van der Waals surface area contributed by atoms with Crippen molar-refractivity contribution in [3.8, 4) is 0 Å². The minimum Gasteiger partial charge on any atom is -0.480 e. The zero-order valence-corrected chi connectivity index (χ0v) is 10.8. The summed E-state index contributed by atoms with van der Waals surface area (Å²) >= 11 is 0. The van der Waals surface area contributed by atoms with Crippen LogP contribution in [0.2, 0.25) is 0 Å². The molecule has 3 saturated carbocycles. The quantitative estimate of drug-likeness (QED) is 0.830. The highest BCUT2D eigenvalue weighted by molar-refractivity contribution is 5.87. The Labute approximate surface area is 107 Å². The van der Waals surface area contributed by atoms with Crippen LogP contribution in [0, 0.1) is 17.8 Å². The van der Waals surface area contributed by atoms with Crippen LogP contribution in [-0.2, 0) is 9.59 Å². The molecule has 0 aromatic heterocycles. The van der Waals surface area contributed by atoms with E-state index in [9.17, 15) is 9.59 Å². The summed E-state index contributed by atoms with van der Waals surface area (Å²) < 4.78 is 0. The largest absolute Gasteiger partial charge is 0.480 e. The predicted octanol–water partition coefficient (Wildman–Crippen LogP) is 1.89. The van der Waals surface area contributed by atoms with Gasteiger partial charge >= 0.3 is 5.97 Å². The topological polar surface area (TPSA) is 57.6 Å². The Morgan fingerprint density at radius 3 is 2.11 bits per heavy atom. The molecule has 0 bridgehead atoms. The first-order valence-electron chi connectivity index (χ1n) is 7.16. The molecule has 0 spiro atoms. The number of hydrogen-bond donors (Lipinski definition) is 1. The molecule has 4 nitrogen and oxygen atoms in total. The number of aliphatic carboxylic acids is 1. The number of nitrogens with zero attached hydrogens (tertiary/aromatic N) is 1. The number of carboxylic acids is 1. The number of rotatable bonds is 4. The molecule has 3 rings (SSSR count). The van der Waals surface area contributed by atoms with Crippen molar-refractivity contribution >= 4 is 11.9 Å². The summed E-state index contributed by atoms with van der Waals surface area (Å²) in [4.78, 5) is 25.4.